The van der Waals surface area contributed by atoms with E-state index in [1.807, 2.05) is 29.8 Å². The Kier molecular flexibility index (Phi) is 6.14. The lowest BCUT2D eigenvalue weighted by Gasteiger charge is -2.22. The van der Waals surface area contributed by atoms with Crippen molar-refractivity contribution in [2.24, 2.45) is 5.73 Å². The van der Waals surface area contributed by atoms with Crippen molar-refractivity contribution in [1.29, 1.82) is 0 Å². The van der Waals surface area contributed by atoms with Gasteiger partial charge in [-0.15, -0.1) is 0 Å². The van der Waals surface area contributed by atoms with Gasteiger partial charge >= 0.3 is 0 Å². The Morgan fingerprint density at radius 3 is 2.64 bits per heavy atom. The van der Waals surface area contributed by atoms with E-state index in [0.717, 1.165) is 24.4 Å². The highest BCUT2D eigenvalue weighted by molar-refractivity contribution is 5.89. The molecule has 0 aliphatic carbocycles. The predicted molar refractivity (Wildman–Crippen MR) is 101 cm³/mol. The average Bonchev–Trinajstić information content (AvgIpc) is 2.88. The number of pyridine rings is 1. The molecular formula is C18H28N6O. The van der Waals surface area contributed by atoms with E-state index in [2.05, 4.69) is 41.5 Å². The van der Waals surface area contributed by atoms with Crippen molar-refractivity contribution in [2.75, 3.05) is 17.2 Å². The van der Waals surface area contributed by atoms with Crippen LogP contribution in [0.4, 0.5) is 17.5 Å². The summed E-state index contributed by atoms with van der Waals surface area (Å²) in [5, 5.41) is 10.6. The molecule has 0 aliphatic rings. The number of anilines is 3. The lowest BCUT2D eigenvalue weighted by atomic mass is 10.1. The number of aromatic nitrogens is 3. The molecule has 0 aliphatic heterocycles. The molecular weight excluding hydrogens is 316 g/mol. The summed E-state index contributed by atoms with van der Waals surface area (Å²) >= 11 is 0. The fraction of sp³-hybridized carbons (Fsp3) is 0.500. The minimum atomic E-state index is -0.147. The zero-order valence-electron chi connectivity index (χ0n) is 15.5. The zero-order valence-corrected chi connectivity index (χ0v) is 15.5. The van der Waals surface area contributed by atoms with Crippen LogP contribution in [0.1, 0.15) is 45.7 Å². The number of hydrogen-bond donors (Lipinski definition) is 3. The second-order valence-electron chi connectivity index (χ2n) is 7.08. The van der Waals surface area contributed by atoms with Gasteiger partial charge in [-0.1, -0.05) is 6.07 Å². The third-order valence-electron chi connectivity index (χ3n) is 3.60. The molecule has 0 bridgehead atoms. The van der Waals surface area contributed by atoms with Crippen molar-refractivity contribution >= 4 is 23.4 Å². The van der Waals surface area contributed by atoms with Crippen molar-refractivity contribution in [3.05, 3.63) is 30.0 Å². The maximum absolute atomic E-state index is 11.9. The number of unbranched alkanes of at least 4 members (excludes halogenated alkanes) is 1. The fourth-order valence-electron chi connectivity index (χ4n) is 2.44. The minimum absolute atomic E-state index is 0.0475. The van der Waals surface area contributed by atoms with Gasteiger partial charge in [-0.3, -0.25) is 4.79 Å². The van der Waals surface area contributed by atoms with E-state index in [4.69, 9.17) is 5.73 Å². The molecule has 0 saturated carbocycles. The normalized spacial score (nSPS) is 11.4. The highest BCUT2D eigenvalue weighted by Gasteiger charge is 2.19. The third kappa shape index (κ3) is 5.56. The monoisotopic (exact) mass is 344 g/mol. The van der Waals surface area contributed by atoms with E-state index in [-0.39, 0.29) is 11.4 Å². The standard InChI is InChI=1S/C18H28N6O/c1-13-12-16(24(23-13)18(2,3)4)21-14-8-7-9-15(20-14)22-17(25)10-5-6-11-19/h7-9,12H,5-6,10-11,19H2,1-4H3,(H2,20,21,22,25). The topological polar surface area (TPSA) is 97.9 Å². The number of nitrogens with one attached hydrogen (secondary N) is 2. The summed E-state index contributed by atoms with van der Waals surface area (Å²) in [7, 11) is 0. The lowest BCUT2D eigenvalue weighted by molar-refractivity contribution is -0.116. The summed E-state index contributed by atoms with van der Waals surface area (Å²) in [6.45, 7) is 8.84. The molecule has 0 spiro atoms. The molecule has 0 fully saturated rings. The maximum atomic E-state index is 11.9. The number of nitrogens with two attached hydrogens (primary N) is 1. The molecule has 2 rings (SSSR count). The van der Waals surface area contributed by atoms with Crippen molar-refractivity contribution in [3.63, 3.8) is 0 Å². The Bertz CT molecular complexity index is 717. The number of aryl methyl sites for hydroxylation is 1. The smallest absolute Gasteiger partial charge is 0.225 e. The van der Waals surface area contributed by atoms with E-state index >= 15 is 0 Å². The van der Waals surface area contributed by atoms with Crippen LogP contribution in [0.3, 0.4) is 0 Å². The molecule has 0 aromatic carbocycles. The molecule has 1 amide bonds. The maximum Gasteiger partial charge on any atom is 0.225 e. The molecule has 2 aromatic rings. The Balaban J connectivity index is 2.08. The SMILES string of the molecule is Cc1cc(Nc2cccc(NC(=O)CCCCN)n2)n(C(C)(C)C)n1. The van der Waals surface area contributed by atoms with E-state index in [0.29, 0.717) is 24.6 Å². The van der Waals surface area contributed by atoms with Gasteiger partial charge in [0, 0.05) is 12.5 Å². The summed E-state index contributed by atoms with van der Waals surface area (Å²) in [5.74, 6) is 2.00. The van der Waals surface area contributed by atoms with E-state index < -0.39 is 0 Å². The molecule has 4 N–H and O–H groups in total. The second-order valence-corrected chi connectivity index (χ2v) is 7.08. The number of carbonyl (C=O) groups is 1. The largest absolute Gasteiger partial charge is 0.330 e. The summed E-state index contributed by atoms with van der Waals surface area (Å²) in [6.07, 6.45) is 2.08. The molecule has 2 heterocycles. The van der Waals surface area contributed by atoms with Crippen molar-refractivity contribution in [2.45, 2.75) is 52.5 Å². The minimum Gasteiger partial charge on any atom is -0.330 e. The summed E-state index contributed by atoms with van der Waals surface area (Å²) < 4.78 is 1.93. The Morgan fingerprint density at radius 2 is 1.96 bits per heavy atom. The first-order valence-corrected chi connectivity index (χ1v) is 8.61. The van der Waals surface area contributed by atoms with E-state index in [1.54, 1.807) is 6.07 Å². The molecule has 0 saturated heterocycles. The van der Waals surface area contributed by atoms with Gasteiger partial charge in [-0.05, 0) is 59.2 Å². The van der Waals surface area contributed by atoms with Crippen LogP contribution in [-0.2, 0) is 10.3 Å². The van der Waals surface area contributed by atoms with Gasteiger partial charge < -0.3 is 16.4 Å². The first-order valence-electron chi connectivity index (χ1n) is 8.61. The first kappa shape index (κ1) is 18.9. The Hall–Kier alpha value is -2.41. The second kappa shape index (κ2) is 8.11. The number of rotatable bonds is 7. The molecule has 2 aromatic heterocycles. The van der Waals surface area contributed by atoms with Gasteiger partial charge in [-0.2, -0.15) is 5.10 Å². The van der Waals surface area contributed by atoms with Gasteiger partial charge in [0.05, 0.1) is 11.2 Å². The Morgan fingerprint density at radius 1 is 1.24 bits per heavy atom. The van der Waals surface area contributed by atoms with Gasteiger partial charge in [-0.25, -0.2) is 9.67 Å². The molecule has 7 nitrogen and oxygen atoms in total. The van der Waals surface area contributed by atoms with Crippen LogP contribution in [0.2, 0.25) is 0 Å². The molecule has 7 heteroatoms. The fourth-order valence-corrected chi connectivity index (χ4v) is 2.44. The average molecular weight is 344 g/mol. The van der Waals surface area contributed by atoms with Crippen LogP contribution >= 0.6 is 0 Å². The molecule has 0 atom stereocenters. The van der Waals surface area contributed by atoms with Gasteiger partial charge in [0.15, 0.2) is 0 Å². The number of amides is 1. The molecule has 0 unspecified atom stereocenters. The number of nitrogens with zero attached hydrogens (tertiary/aromatic N) is 3. The van der Waals surface area contributed by atoms with Crippen LogP contribution in [-0.4, -0.2) is 27.2 Å². The summed E-state index contributed by atoms with van der Waals surface area (Å²) in [6, 6.07) is 7.47. The van der Waals surface area contributed by atoms with Gasteiger partial charge in [0.1, 0.15) is 17.5 Å². The quantitative estimate of drug-likeness (QED) is 0.670. The molecule has 0 radical (unpaired) electrons. The number of carbonyl (C=O) groups excluding carboxylic acids is 1. The van der Waals surface area contributed by atoms with Gasteiger partial charge in [0.25, 0.3) is 0 Å². The first-order chi connectivity index (χ1) is 11.8. The highest BCUT2D eigenvalue weighted by Crippen LogP contribution is 2.24. The van der Waals surface area contributed by atoms with Gasteiger partial charge in [0.2, 0.25) is 5.91 Å². The highest BCUT2D eigenvalue weighted by atomic mass is 16.1. The van der Waals surface area contributed by atoms with Crippen LogP contribution in [0.5, 0.6) is 0 Å². The van der Waals surface area contributed by atoms with Crippen LogP contribution in [0.15, 0.2) is 24.3 Å². The lowest BCUT2D eigenvalue weighted by Crippen LogP contribution is -2.24. The van der Waals surface area contributed by atoms with Crippen molar-refractivity contribution in [3.8, 4) is 0 Å². The number of hydrogen-bond acceptors (Lipinski definition) is 5. The Labute approximate surface area is 149 Å². The summed E-state index contributed by atoms with van der Waals surface area (Å²) in [5.41, 5.74) is 6.23. The van der Waals surface area contributed by atoms with Crippen LogP contribution in [0.25, 0.3) is 0 Å². The van der Waals surface area contributed by atoms with E-state index in [9.17, 15) is 4.79 Å². The van der Waals surface area contributed by atoms with Crippen LogP contribution < -0.4 is 16.4 Å². The van der Waals surface area contributed by atoms with Crippen molar-refractivity contribution < 1.29 is 4.79 Å². The molecule has 25 heavy (non-hydrogen) atoms. The molecule has 136 valence electrons. The van der Waals surface area contributed by atoms with E-state index in [1.165, 1.54) is 0 Å². The van der Waals surface area contributed by atoms with Crippen LogP contribution in [0, 0.1) is 6.92 Å². The van der Waals surface area contributed by atoms with Crippen molar-refractivity contribution in [1.82, 2.24) is 14.8 Å². The zero-order chi connectivity index (χ0) is 18.4. The third-order valence-corrected chi connectivity index (χ3v) is 3.60. The predicted octanol–water partition coefficient (Wildman–Crippen LogP) is 3.15. The summed E-state index contributed by atoms with van der Waals surface area (Å²) in [4.78, 5) is 16.4.